The van der Waals surface area contributed by atoms with Gasteiger partial charge in [-0.15, -0.1) is 0 Å². The minimum Gasteiger partial charge on any atom is -0.469 e. The largest absolute Gasteiger partial charge is 0.469 e. The molecule has 5 nitrogen and oxygen atoms in total. The Labute approximate surface area is 111 Å². The topological polar surface area (TPSA) is 79.2 Å². The van der Waals surface area contributed by atoms with Crippen molar-refractivity contribution in [2.24, 2.45) is 11.3 Å². The van der Waals surface area contributed by atoms with Crippen molar-refractivity contribution in [2.45, 2.75) is 13.3 Å². The SMILES string of the molecule is COC(=O)[C@@H]1C[C@]1(C#N)C(=O)Nc1ccc(C)cc1. The van der Waals surface area contributed by atoms with Crippen LogP contribution < -0.4 is 5.32 Å². The highest BCUT2D eigenvalue weighted by atomic mass is 16.5. The van der Waals surface area contributed by atoms with Gasteiger partial charge in [0.1, 0.15) is 0 Å². The molecule has 0 spiro atoms. The molecule has 1 aromatic rings. The Balaban J connectivity index is 2.10. The molecule has 1 aliphatic carbocycles. The van der Waals surface area contributed by atoms with Crippen molar-refractivity contribution in [2.75, 3.05) is 12.4 Å². The van der Waals surface area contributed by atoms with Gasteiger partial charge in [-0.05, 0) is 25.5 Å². The lowest BCUT2D eigenvalue weighted by molar-refractivity contribution is -0.143. The van der Waals surface area contributed by atoms with Crippen molar-refractivity contribution in [1.82, 2.24) is 0 Å². The molecule has 19 heavy (non-hydrogen) atoms. The fourth-order valence-corrected chi connectivity index (χ4v) is 1.99. The number of benzene rings is 1. The van der Waals surface area contributed by atoms with Gasteiger partial charge in [-0.25, -0.2) is 0 Å². The number of nitrogens with one attached hydrogen (secondary N) is 1. The van der Waals surface area contributed by atoms with Crippen LogP contribution in [0.25, 0.3) is 0 Å². The van der Waals surface area contributed by atoms with E-state index in [9.17, 15) is 9.59 Å². The lowest BCUT2D eigenvalue weighted by atomic mass is 10.0. The molecule has 0 bridgehead atoms. The van der Waals surface area contributed by atoms with E-state index < -0.39 is 23.2 Å². The number of hydrogen-bond donors (Lipinski definition) is 1. The summed E-state index contributed by atoms with van der Waals surface area (Å²) < 4.78 is 4.58. The van der Waals surface area contributed by atoms with Crippen LogP contribution in [0.2, 0.25) is 0 Å². The maximum absolute atomic E-state index is 12.1. The molecule has 1 N–H and O–H groups in total. The molecule has 0 aromatic heterocycles. The van der Waals surface area contributed by atoms with E-state index in [0.29, 0.717) is 5.69 Å². The van der Waals surface area contributed by atoms with Gasteiger partial charge >= 0.3 is 5.97 Å². The number of methoxy groups -OCH3 is 1. The van der Waals surface area contributed by atoms with E-state index in [4.69, 9.17) is 5.26 Å². The average molecular weight is 258 g/mol. The molecule has 1 saturated carbocycles. The number of nitriles is 1. The lowest BCUT2D eigenvalue weighted by Gasteiger charge is -2.09. The van der Waals surface area contributed by atoms with E-state index in [1.54, 1.807) is 12.1 Å². The standard InChI is InChI=1S/C14H14N2O3/c1-9-3-5-10(6-4-9)16-13(18)14(8-15)7-11(14)12(17)19-2/h3-6,11H,7H2,1-2H3,(H,16,18)/t11-,14+/m0/s1. The molecule has 0 aliphatic heterocycles. The summed E-state index contributed by atoms with van der Waals surface area (Å²) in [5, 5.41) is 11.8. The number of rotatable bonds is 3. The maximum atomic E-state index is 12.1. The third-order valence-electron chi connectivity index (χ3n) is 3.36. The number of amides is 1. The summed E-state index contributed by atoms with van der Waals surface area (Å²) in [5.41, 5.74) is 0.408. The first-order valence-corrected chi connectivity index (χ1v) is 5.90. The lowest BCUT2D eigenvalue weighted by Crippen LogP contribution is -2.27. The molecule has 2 rings (SSSR count). The quantitative estimate of drug-likeness (QED) is 0.836. The highest BCUT2D eigenvalue weighted by molar-refractivity contribution is 6.03. The van der Waals surface area contributed by atoms with Gasteiger partial charge in [0.2, 0.25) is 5.91 Å². The normalized spacial score (nSPS) is 24.2. The Morgan fingerprint density at radius 2 is 2.05 bits per heavy atom. The third kappa shape index (κ3) is 2.29. The summed E-state index contributed by atoms with van der Waals surface area (Å²) in [5.74, 6) is -1.62. The summed E-state index contributed by atoms with van der Waals surface area (Å²) in [6.07, 6.45) is 0.216. The van der Waals surface area contributed by atoms with Gasteiger partial charge in [-0.2, -0.15) is 5.26 Å². The number of hydrogen-bond acceptors (Lipinski definition) is 4. The van der Waals surface area contributed by atoms with Crippen molar-refractivity contribution in [1.29, 1.82) is 5.26 Å². The molecule has 0 unspecified atom stereocenters. The molecule has 1 amide bonds. The van der Waals surface area contributed by atoms with E-state index in [-0.39, 0.29) is 6.42 Å². The first kappa shape index (κ1) is 13.1. The van der Waals surface area contributed by atoms with Crippen LogP contribution in [0.3, 0.4) is 0 Å². The van der Waals surface area contributed by atoms with E-state index in [1.807, 2.05) is 25.1 Å². The van der Waals surface area contributed by atoms with E-state index in [0.717, 1.165) is 5.56 Å². The molecular weight excluding hydrogens is 244 g/mol. The second-order valence-corrected chi connectivity index (χ2v) is 4.68. The number of aryl methyl sites for hydroxylation is 1. The Bertz CT molecular complexity index is 559. The Morgan fingerprint density at radius 1 is 1.42 bits per heavy atom. The molecule has 1 aliphatic rings. The predicted molar refractivity (Wildman–Crippen MR) is 68.0 cm³/mol. The van der Waals surface area contributed by atoms with Crippen molar-refractivity contribution in [3.05, 3.63) is 29.8 Å². The number of ether oxygens (including phenoxy) is 1. The monoisotopic (exact) mass is 258 g/mol. The summed E-state index contributed by atoms with van der Waals surface area (Å²) in [6, 6.07) is 9.17. The molecule has 1 aromatic carbocycles. The van der Waals surface area contributed by atoms with Crippen molar-refractivity contribution >= 4 is 17.6 Å². The molecule has 0 saturated heterocycles. The molecular formula is C14H14N2O3. The van der Waals surface area contributed by atoms with Crippen LogP contribution in [0, 0.1) is 29.6 Å². The molecule has 0 radical (unpaired) electrons. The molecule has 1 fully saturated rings. The summed E-state index contributed by atoms with van der Waals surface area (Å²) >= 11 is 0. The van der Waals surface area contributed by atoms with Gasteiger partial charge in [0.05, 0.1) is 19.1 Å². The van der Waals surface area contributed by atoms with Gasteiger partial charge in [-0.3, -0.25) is 9.59 Å². The zero-order valence-electron chi connectivity index (χ0n) is 10.8. The van der Waals surface area contributed by atoms with Gasteiger partial charge in [0.25, 0.3) is 0 Å². The molecule has 0 heterocycles. The summed E-state index contributed by atoms with van der Waals surface area (Å²) in [4.78, 5) is 23.5. The van der Waals surface area contributed by atoms with Crippen LogP contribution in [0.5, 0.6) is 0 Å². The van der Waals surface area contributed by atoms with Gasteiger partial charge < -0.3 is 10.1 Å². The third-order valence-corrected chi connectivity index (χ3v) is 3.36. The van der Waals surface area contributed by atoms with Crippen LogP contribution in [-0.4, -0.2) is 19.0 Å². The number of anilines is 1. The molecule has 2 atom stereocenters. The Hall–Kier alpha value is -2.35. The zero-order valence-corrected chi connectivity index (χ0v) is 10.8. The zero-order chi connectivity index (χ0) is 14.0. The van der Waals surface area contributed by atoms with Gasteiger partial charge in [-0.1, -0.05) is 17.7 Å². The fraction of sp³-hybridized carbons (Fsp3) is 0.357. The van der Waals surface area contributed by atoms with Crippen LogP contribution in [-0.2, 0) is 14.3 Å². The summed E-state index contributed by atoms with van der Waals surface area (Å²) in [6.45, 7) is 1.94. The minimum atomic E-state index is -1.28. The van der Waals surface area contributed by atoms with E-state index >= 15 is 0 Å². The van der Waals surface area contributed by atoms with Crippen LogP contribution in [0.15, 0.2) is 24.3 Å². The highest BCUT2D eigenvalue weighted by Crippen LogP contribution is 2.53. The fourth-order valence-electron chi connectivity index (χ4n) is 1.99. The van der Waals surface area contributed by atoms with Crippen molar-refractivity contribution in [3.63, 3.8) is 0 Å². The highest BCUT2D eigenvalue weighted by Gasteiger charge is 2.65. The van der Waals surface area contributed by atoms with Crippen molar-refractivity contribution < 1.29 is 14.3 Å². The predicted octanol–water partition coefficient (Wildman–Crippen LogP) is 1.64. The first-order valence-electron chi connectivity index (χ1n) is 5.90. The minimum absolute atomic E-state index is 0.216. The smallest absolute Gasteiger partial charge is 0.310 e. The molecule has 98 valence electrons. The maximum Gasteiger partial charge on any atom is 0.310 e. The number of carbonyl (C=O) groups excluding carboxylic acids is 2. The summed E-state index contributed by atoms with van der Waals surface area (Å²) in [7, 11) is 1.25. The number of esters is 1. The van der Waals surface area contributed by atoms with E-state index in [2.05, 4.69) is 10.1 Å². The second kappa shape index (κ2) is 4.73. The average Bonchev–Trinajstić information content (AvgIpc) is 3.16. The molecule has 5 heteroatoms. The van der Waals surface area contributed by atoms with Gasteiger partial charge in [0.15, 0.2) is 5.41 Å². The van der Waals surface area contributed by atoms with Crippen LogP contribution >= 0.6 is 0 Å². The number of carbonyl (C=O) groups is 2. The Morgan fingerprint density at radius 3 is 2.58 bits per heavy atom. The van der Waals surface area contributed by atoms with Crippen LogP contribution in [0.1, 0.15) is 12.0 Å². The second-order valence-electron chi connectivity index (χ2n) is 4.68. The van der Waals surface area contributed by atoms with Crippen molar-refractivity contribution in [3.8, 4) is 6.07 Å². The Kier molecular flexibility index (Phi) is 3.26. The number of nitrogens with zero attached hydrogens (tertiary/aromatic N) is 1. The first-order chi connectivity index (χ1) is 9.03. The van der Waals surface area contributed by atoms with Crippen LogP contribution in [0.4, 0.5) is 5.69 Å². The van der Waals surface area contributed by atoms with Gasteiger partial charge in [0, 0.05) is 5.69 Å². The van der Waals surface area contributed by atoms with E-state index in [1.165, 1.54) is 7.11 Å².